The Morgan fingerprint density at radius 3 is 1.36 bits per heavy atom. The molecule has 0 saturated heterocycles. The first kappa shape index (κ1) is 32.7. The van der Waals surface area contributed by atoms with Crippen LogP contribution in [0, 0.1) is 5.41 Å². The first-order chi connectivity index (χ1) is 16.0. The van der Waals surface area contributed by atoms with Crippen LogP contribution in [0.3, 0.4) is 0 Å². The molecule has 33 heavy (non-hydrogen) atoms. The van der Waals surface area contributed by atoms with E-state index in [1.165, 1.54) is 75.1 Å². The minimum atomic E-state index is -1.17. The van der Waals surface area contributed by atoms with E-state index >= 15 is 0 Å². The van der Waals surface area contributed by atoms with Crippen molar-refractivity contribution in [3.8, 4) is 0 Å². The summed E-state index contributed by atoms with van der Waals surface area (Å²) in [4.78, 5) is 25.9. The fourth-order valence-corrected chi connectivity index (χ4v) is 4.52. The van der Waals surface area contributed by atoms with Crippen LogP contribution >= 0.6 is 22.6 Å². The van der Waals surface area contributed by atoms with Crippen LogP contribution in [0.4, 0.5) is 0 Å². The SMILES string of the molecule is CCCCCCCCOC(=O)C(C)(CCCCCCCCI)C(=O)OCCCCCCCC. The predicted molar refractivity (Wildman–Crippen MR) is 148 cm³/mol. The molecular weight excluding hydrogens is 527 g/mol. The molecule has 0 bridgehead atoms. The number of esters is 2. The first-order valence-corrected chi connectivity index (χ1v) is 15.5. The third-order valence-electron chi connectivity index (χ3n) is 6.42. The van der Waals surface area contributed by atoms with Crippen LogP contribution in [0.1, 0.15) is 143 Å². The second-order valence-electron chi connectivity index (χ2n) is 9.70. The summed E-state index contributed by atoms with van der Waals surface area (Å²) < 4.78 is 12.4. The Balaban J connectivity index is 4.50. The second kappa shape index (κ2) is 23.4. The molecule has 0 aliphatic heterocycles. The molecule has 0 rings (SSSR count). The molecule has 0 aliphatic carbocycles. The van der Waals surface area contributed by atoms with Gasteiger partial charge in [0.05, 0.1) is 13.2 Å². The summed E-state index contributed by atoms with van der Waals surface area (Å²) in [7, 11) is 0. The average molecular weight is 581 g/mol. The summed E-state index contributed by atoms with van der Waals surface area (Å²) in [6, 6.07) is 0. The minimum absolute atomic E-state index is 0.395. The van der Waals surface area contributed by atoms with E-state index in [2.05, 4.69) is 36.4 Å². The van der Waals surface area contributed by atoms with Gasteiger partial charge in [0.1, 0.15) is 0 Å². The zero-order chi connectivity index (χ0) is 24.6. The molecule has 0 saturated carbocycles. The van der Waals surface area contributed by atoms with Crippen molar-refractivity contribution in [1.29, 1.82) is 0 Å². The van der Waals surface area contributed by atoms with Crippen LogP contribution < -0.4 is 0 Å². The lowest BCUT2D eigenvalue weighted by molar-refractivity contribution is -0.172. The zero-order valence-corrected chi connectivity index (χ0v) is 24.2. The van der Waals surface area contributed by atoms with Crippen LogP contribution in [0.25, 0.3) is 0 Å². The molecule has 0 aliphatic rings. The number of carbonyl (C=O) groups is 2. The summed E-state index contributed by atoms with van der Waals surface area (Å²) >= 11 is 2.42. The number of hydrogen-bond donors (Lipinski definition) is 0. The normalized spacial score (nSPS) is 11.5. The fraction of sp³-hybridized carbons (Fsp3) is 0.929. The Kier molecular flexibility index (Phi) is 23.2. The smallest absolute Gasteiger partial charge is 0.323 e. The van der Waals surface area contributed by atoms with Crippen molar-refractivity contribution in [2.75, 3.05) is 17.6 Å². The lowest BCUT2D eigenvalue weighted by Crippen LogP contribution is -2.39. The number of ether oxygens (including phenoxy) is 2. The maximum Gasteiger partial charge on any atom is 0.323 e. The van der Waals surface area contributed by atoms with Crippen molar-refractivity contribution in [2.24, 2.45) is 5.41 Å². The maximum atomic E-state index is 12.9. The third-order valence-corrected chi connectivity index (χ3v) is 7.19. The maximum absolute atomic E-state index is 12.9. The van der Waals surface area contributed by atoms with E-state index in [0.29, 0.717) is 19.6 Å². The molecule has 0 N–H and O–H groups in total. The molecule has 196 valence electrons. The topological polar surface area (TPSA) is 52.6 Å². The van der Waals surface area contributed by atoms with Crippen LogP contribution in [0.2, 0.25) is 0 Å². The Hall–Kier alpha value is -0.330. The van der Waals surface area contributed by atoms with Gasteiger partial charge in [0.15, 0.2) is 5.41 Å². The van der Waals surface area contributed by atoms with E-state index < -0.39 is 17.4 Å². The van der Waals surface area contributed by atoms with E-state index in [1.54, 1.807) is 6.92 Å². The highest BCUT2D eigenvalue weighted by Gasteiger charge is 2.43. The number of alkyl halides is 1. The van der Waals surface area contributed by atoms with E-state index in [1.807, 2.05) is 0 Å². The van der Waals surface area contributed by atoms with Crippen LogP contribution in [-0.2, 0) is 19.1 Å². The molecule has 4 nitrogen and oxygen atoms in total. The molecule has 0 heterocycles. The Bertz CT molecular complexity index is 437. The summed E-state index contributed by atoms with van der Waals surface area (Å²) in [6.07, 6.45) is 21.1. The largest absolute Gasteiger partial charge is 0.465 e. The highest BCUT2D eigenvalue weighted by molar-refractivity contribution is 14.1. The molecule has 0 radical (unpaired) electrons. The van der Waals surface area contributed by atoms with Gasteiger partial charge in [-0.05, 0) is 37.0 Å². The van der Waals surface area contributed by atoms with Gasteiger partial charge in [-0.2, -0.15) is 0 Å². The zero-order valence-electron chi connectivity index (χ0n) is 22.1. The summed E-state index contributed by atoms with van der Waals surface area (Å²) in [5.74, 6) is -0.789. The number of halogens is 1. The number of unbranched alkanes of at least 4 members (excludes halogenated alkanes) is 15. The third kappa shape index (κ3) is 17.7. The molecule has 0 amide bonds. The molecule has 0 aromatic carbocycles. The van der Waals surface area contributed by atoms with Gasteiger partial charge in [-0.3, -0.25) is 9.59 Å². The summed E-state index contributed by atoms with van der Waals surface area (Å²) in [5, 5.41) is 0. The minimum Gasteiger partial charge on any atom is -0.465 e. The Labute approximate surface area is 218 Å². The van der Waals surface area contributed by atoms with Gasteiger partial charge in [0.2, 0.25) is 0 Å². The lowest BCUT2D eigenvalue weighted by atomic mass is 9.84. The van der Waals surface area contributed by atoms with Crippen LogP contribution in [0.5, 0.6) is 0 Å². The Morgan fingerprint density at radius 1 is 0.576 bits per heavy atom. The van der Waals surface area contributed by atoms with E-state index in [-0.39, 0.29) is 0 Å². The molecular formula is C28H53IO4. The fourth-order valence-electron chi connectivity index (χ4n) is 3.98. The summed E-state index contributed by atoms with van der Waals surface area (Å²) in [6.45, 7) is 6.96. The van der Waals surface area contributed by atoms with Gasteiger partial charge in [0, 0.05) is 0 Å². The quantitative estimate of drug-likeness (QED) is 0.0376. The monoisotopic (exact) mass is 580 g/mol. The van der Waals surface area contributed by atoms with Crippen molar-refractivity contribution >= 4 is 34.5 Å². The number of rotatable bonds is 24. The first-order valence-electron chi connectivity index (χ1n) is 13.9. The molecule has 0 aromatic rings. The van der Waals surface area contributed by atoms with Gasteiger partial charge in [0.25, 0.3) is 0 Å². The molecule has 0 aromatic heterocycles. The molecule has 0 atom stereocenters. The Morgan fingerprint density at radius 2 is 0.939 bits per heavy atom. The van der Waals surface area contributed by atoms with Crippen molar-refractivity contribution in [3.05, 3.63) is 0 Å². The number of carbonyl (C=O) groups excluding carboxylic acids is 2. The van der Waals surface area contributed by atoms with E-state index in [0.717, 1.165) is 44.9 Å². The molecule has 5 heteroatoms. The molecule has 0 spiro atoms. The summed E-state index contributed by atoms with van der Waals surface area (Å²) in [5.41, 5.74) is -1.17. The van der Waals surface area contributed by atoms with Crippen molar-refractivity contribution in [3.63, 3.8) is 0 Å². The highest BCUT2D eigenvalue weighted by atomic mass is 127. The van der Waals surface area contributed by atoms with Crippen LogP contribution in [0.15, 0.2) is 0 Å². The van der Waals surface area contributed by atoms with E-state index in [4.69, 9.17) is 9.47 Å². The standard InChI is InChI=1S/C28H53IO4/c1-4-6-8-10-16-20-24-32-26(30)28(3,22-18-14-12-13-15-19-23-29)27(31)33-25-21-17-11-9-7-5-2/h4-25H2,1-3H3. The van der Waals surface area contributed by atoms with Gasteiger partial charge in [-0.1, -0.05) is 133 Å². The van der Waals surface area contributed by atoms with Gasteiger partial charge in [-0.25, -0.2) is 0 Å². The molecule has 0 unspecified atom stereocenters. The van der Waals surface area contributed by atoms with Crippen molar-refractivity contribution in [1.82, 2.24) is 0 Å². The van der Waals surface area contributed by atoms with Gasteiger partial charge >= 0.3 is 11.9 Å². The van der Waals surface area contributed by atoms with Crippen molar-refractivity contribution in [2.45, 2.75) is 143 Å². The molecule has 0 fully saturated rings. The van der Waals surface area contributed by atoms with Crippen LogP contribution in [-0.4, -0.2) is 29.6 Å². The second-order valence-corrected chi connectivity index (χ2v) is 10.8. The predicted octanol–water partition coefficient (Wildman–Crippen LogP) is 8.97. The van der Waals surface area contributed by atoms with Crippen molar-refractivity contribution < 1.29 is 19.1 Å². The average Bonchev–Trinajstić information content (AvgIpc) is 2.81. The van der Waals surface area contributed by atoms with Gasteiger partial charge < -0.3 is 9.47 Å². The van der Waals surface area contributed by atoms with Gasteiger partial charge in [-0.15, -0.1) is 0 Å². The lowest BCUT2D eigenvalue weighted by Gasteiger charge is -2.25. The number of hydrogen-bond acceptors (Lipinski definition) is 4. The van der Waals surface area contributed by atoms with E-state index in [9.17, 15) is 9.59 Å². The highest BCUT2D eigenvalue weighted by Crippen LogP contribution is 2.29.